The zero-order valence-corrected chi connectivity index (χ0v) is 39.1. The van der Waals surface area contributed by atoms with Gasteiger partial charge in [0.15, 0.2) is 0 Å². The molecule has 3 aromatic heterocycles. The standard InChI is InChI=1S/C54H64N4O2.Cu/c1-11-15-25-41-33(5)51-49(37-21-19-23-39(29-37)59-9)52-35(7)43(27-17-13-3)47(57-52)32-48-44(28-18-14-4)36(8)54(58-48)50(38-22-20-24-40(30-38)60-10)53-34(6)42(26-16-12-2)46(56-53)31-45(41)55-51;/h19-24,29-32H,11-18,25-28H2,1-10H3;/q-2;+2. The molecule has 323 valence electrons. The van der Waals surface area contributed by atoms with Crippen LogP contribution < -0.4 is 19.4 Å². The van der Waals surface area contributed by atoms with Gasteiger partial charge >= 0.3 is 17.1 Å². The first-order valence-corrected chi connectivity index (χ1v) is 22.6. The molecule has 7 rings (SSSR count). The summed E-state index contributed by atoms with van der Waals surface area (Å²) >= 11 is 0. The van der Waals surface area contributed by atoms with Gasteiger partial charge in [0, 0.05) is 5.56 Å². The van der Waals surface area contributed by atoms with Gasteiger partial charge < -0.3 is 19.4 Å². The summed E-state index contributed by atoms with van der Waals surface area (Å²) in [4.78, 5) is 22.7. The van der Waals surface area contributed by atoms with E-state index in [4.69, 9.17) is 29.4 Å². The van der Waals surface area contributed by atoms with E-state index in [0.717, 1.165) is 156 Å². The fourth-order valence-corrected chi connectivity index (χ4v) is 9.14. The Bertz CT molecular complexity index is 2490. The minimum absolute atomic E-state index is 0. The zero-order valence-electron chi connectivity index (χ0n) is 38.2. The number of methoxy groups -OCH3 is 2. The number of fused-ring (bicyclic) bond motifs is 8. The first-order valence-electron chi connectivity index (χ1n) is 22.6. The molecule has 0 N–H and O–H groups in total. The van der Waals surface area contributed by atoms with Crippen LogP contribution in [0.5, 0.6) is 11.5 Å². The third-order valence-electron chi connectivity index (χ3n) is 12.7. The smallest absolute Gasteiger partial charge is 0.657 e. The predicted octanol–water partition coefficient (Wildman–Crippen LogP) is 14.5. The second kappa shape index (κ2) is 20.4. The number of aromatic nitrogens is 4. The van der Waals surface area contributed by atoms with E-state index in [1.54, 1.807) is 14.2 Å². The van der Waals surface area contributed by atoms with Gasteiger partial charge in [-0.15, -0.1) is 22.1 Å². The summed E-state index contributed by atoms with van der Waals surface area (Å²) < 4.78 is 11.7. The molecule has 0 aliphatic carbocycles. The topological polar surface area (TPSA) is 72.4 Å². The zero-order chi connectivity index (χ0) is 42.5. The first kappa shape index (κ1) is 45.7. The Balaban J connectivity index is 0.00000622. The van der Waals surface area contributed by atoms with Crippen molar-refractivity contribution in [3.63, 3.8) is 0 Å². The molecule has 2 aromatic carbocycles. The Morgan fingerprint density at radius 1 is 0.508 bits per heavy atom. The third-order valence-corrected chi connectivity index (χ3v) is 12.7. The Kier molecular flexibility index (Phi) is 15.2. The summed E-state index contributed by atoms with van der Waals surface area (Å²) in [5.74, 6) is 1.63. The molecule has 7 heteroatoms. The van der Waals surface area contributed by atoms with E-state index in [-0.39, 0.29) is 17.1 Å². The molecule has 2 aliphatic rings. The molecule has 6 nitrogen and oxygen atoms in total. The van der Waals surface area contributed by atoms with Crippen molar-refractivity contribution in [2.75, 3.05) is 14.2 Å². The Morgan fingerprint density at radius 3 is 1.30 bits per heavy atom. The maximum Gasteiger partial charge on any atom is 2.00 e. The molecule has 8 bridgehead atoms. The Labute approximate surface area is 375 Å². The second-order valence-corrected chi connectivity index (χ2v) is 16.7. The van der Waals surface area contributed by atoms with Crippen LogP contribution in [0.4, 0.5) is 0 Å². The van der Waals surface area contributed by atoms with E-state index in [0.29, 0.717) is 0 Å². The molecule has 0 spiro atoms. The van der Waals surface area contributed by atoms with Gasteiger partial charge in [-0.3, -0.25) is 0 Å². The summed E-state index contributed by atoms with van der Waals surface area (Å²) in [6, 6.07) is 21.4. The van der Waals surface area contributed by atoms with E-state index >= 15 is 0 Å². The van der Waals surface area contributed by atoms with Crippen molar-refractivity contribution >= 4 is 44.4 Å². The van der Waals surface area contributed by atoms with E-state index in [1.807, 2.05) is 12.1 Å². The van der Waals surface area contributed by atoms with Crippen molar-refractivity contribution in [1.82, 2.24) is 19.9 Å². The van der Waals surface area contributed by atoms with Crippen LogP contribution in [0.25, 0.3) is 66.6 Å². The number of hydrogen-bond acceptors (Lipinski definition) is 4. The molecule has 0 atom stereocenters. The van der Waals surface area contributed by atoms with Crippen LogP contribution in [0.3, 0.4) is 0 Å². The summed E-state index contributed by atoms with van der Waals surface area (Å²) in [6.45, 7) is 18.1. The van der Waals surface area contributed by atoms with Gasteiger partial charge in [0.2, 0.25) is 0 Å². The maximum absolute atomic E-state index is 5.83. The normalized spacial score (nSPS) is 12.6. The predicted molar refractivity (Wildman–Crippen MR) is 254 cm³/mol. The maximum atomic E-state index is 5.83. The molecule has 5 heterocycles. The van der Waals surface area contributed by atoms with Crippen LogP contribution in [0.2, 0.25) is 0 Å². The Morgan fingerprint density at radius 2 is 0.902 bits per heavy atom. The minimum Gasteiger partial charge on any atom is -0.657 e. The molecule has 5 aromatic rings. The number of nitrogens with zero attached hydrogens (tertiary/aromatic N) is 4. The minimum atomic E-state index is 0. The number of aryl methyl sites for hydroxylation is 4. The summed E-state index contributed by atoms with van der Waals surface area (Å²) in [5.41, 5.74) is 22.2. The molecule has 0 fully saturated rings. The molecular weight excluding hydrogens is 800 g/mol. The molecular formula is C54H64CuN4O2. The monoisotopic (exact) mass is 863 g/mol. The number of allylic oxidation sites excluding steroid dienone is 4. The van der Waals surface area contributed by atoms with Crippen LogP contribution in [-0.4, -0.2) is 24.2 Å². The SMILES string of the molecule is CCCCC1=C(C)c2nc1cc1[n-]c(c(C)c1CCCC)c(-c1cccc(OC)c1)c1[n-]c(cc3nc(c2-c2cccc(OC)c2)C(C)=C3CCCC)c(CCCC)c1C.[Cu+2]. The molecule has 0 saturated carbocycles. The van der Waals surface area contributed by atoms with E-state index in [1.165, 1.54) is 44.5 Å². The molecule has 1 radical (unpaired) electrons. The van der Waals surface area contributed by atoms with E-state index < -0.39 is 0 Å². The number of benzene rings is 2. The first-order chi connectivity index (χ1) is 29.2. The van der Waals surface area contributed by atoms with Gasteiger partial charge in [0.05, 0.1) is 37.0 Å². The number of hydrogen-bond donors (Lipinski definition) is 0. The molecule has 0 unspecified atom stereocenters. The Hall–Kier alpha value is -4.84. The van der Waals surface area contributed by atoms with Crippen molar-refractivity contribution in [1.29, 1.82) is 0 Å². The van der Waals surface area contributed by atoms with Crippen LogP contribution >= 0.6 is 0 Å². The molecule has 0 saturated heterocycles. The van der Waals surface area contributed by atoms with Crippen molar-refractivity contribution in [3.05, 3.63) is 106 Å². The molecule has 0 amide bonds. The van der Waals surface area contributed by atoms with Crippen molar-refractivity contribution in [2.45, 2.75) is 132 Å². The number of rotatable bonds is 16. The summed E-state index contributed by atoms with van der Waals surface area (Å²) in [7, 11) is 3.48. The quantitative estimate of drug-likeness (QED) is 0.0920. The van der Waals surface area contributed by atoms with Gasteiger partial charge in [-0.1, -0.05) is 112 Å². The van der Waals surface area contributed by atoms with Crippen LogP contribution in [-0.2, 0) is 29.9 Å². The largest absolute Gasteiger partial charge is 2.00 e. The molecule has 2 aliphatic heterocycles. The van der Waals surface area contributed by atoms with Crippen LogP contribution in [0.1, 0.15) is 151 Å². The van der Waals surface area contributed by atoms with Gasteiger partial charge in [0.1, 0.15) is 11.5 Å². The van der Waals surface area contributed by atoms with Gasteiger partial charge in [0.25, 0.3) is 0 Å². The summed E-state index contributed by atoms with van der Waals surface area (Å²) in [5, 5.41) is 0. The average Bonchev–Trinajstić information content (AvgIpc) is 3.94. The summed E-state index contributed by atoms with van der Waals surface area (Å²) in [6.07, 6.45) is 12.5. The van der Waals surface area contributed by atoms with Crippen molar-refractivity contribution < 1.29 is 26.5 Å². The number of ether oxygens (including phenoxy) is 2. The van der Waals surface area contributed by atoms with E-state index in [2.05, 4.69) is 104 Å². The van der Waals surface area contributed by atoms with Crippen LogP contribution in [0.15, 0.2) is 60.7 Å². The van der Waals surface area contributed by atoms with Gasteiger partial charge in [-0.2, -0.15) is 0 Å². The fourth-order valence-electron chi connectivity index (χ4n) is 9.14. The van der Waals surface area contributed by atoms with Gasteiger partial charge in [-0.25, -0.2) is 9.97 Å². The number of unbranched alkanes of at least 4 members (excludes halogenated alkanes) is 4. The fraction of sp³-hybridized carbons (Fsp3) is 0.407. The second-order valence-electron chi connectivity index (χ2n) is 16.7. The third kappa shape index (κ3) is 9.06. The van der Waals surface area contributed by atoms with E-state index in [9.17, 15) is 0 Å². The molecule has 61 heavy (non-hydrogen) atoms. The van der Waals surface area contributed by atoms with Crippen LogP contribution in [0, 0.1) is 13.8 Å². The van der Waals surface area contributed by atoms with Crippen molar-refractivity contribution in [2.24, 2.45) is 0 Å². The van der Waals surface area contributed by atoms with Crippen molar-refractivity contribution in [3.8, 4) is 33.8 Å². The van der Waals surface area contributed by atoms with Gasteiger partial charge in [-0.05, 0) is 142 Å². The average molecular weight is 865 g/mol.